The van der Waals surface area contributed by atoms with Crippen molar-refractivity contribution in [2.75, 3.05) is 0 Å². The maximum Gasteiger partial charge on any atom is 0.321 e. The lowest BCUT2D eigenvalue weighted by atomic mass is 9.71. The number of hydrogen-bond acceptors (Lipinski definition) is 5. The second kappa shape index (κ2) is 3.69. The zero-order valence-corrected chi connectivity index (χ0v) is 8.40. The summed E-state index contributed by atoms with van der Waals surface area (Å²) in [5, 5.41) is 17.9. The Balaban J connectivity index is 2.46. The van der Waals surface area contributed by atoms with E-state index in [9.17, 15) is 19.2 Å². The molecule has 0 spiro atoms. The summed E-state index contributed by atoms with van der Waals surface area (Å²) in [6.45, 7) is 0. The molecule has 1 aliphatic carbocycles. The summed E-state index contributed by atoms with van der Waals surface area (Å²) in [4.78, 5) is 44.5. The number of carboxylic acid groups (broad SMARTS) is 2. The summed E-state index contributed by atoms with van der Waals surface area (Å²) in [6, 6.07) is 0. The van der Waals surface area contributed by atoms with Gasteiger partial charge < -0.3 is 14.9 Å². The third kappa shape index (κ3) is 1.59. The first-order chi connectivity index (χ1) is 7.93. The van der Waals surface area contributed by atoms with Crippen LogP contribution in [0, 0.1) is 23.7 Å². The van der Waals surface area contributed by atoms with Gasteiger partial charge in [0.15, 0.2) is 0 Å². The molecule has 7 nitrogen and oxygen atoms in total. The van der Waals surface area contributed by atoms with E-state index < -0.39 is 47.5 Å². The zero-order valence-electron chi connectivity index (χ0n) is 8.40. The lowest BCUT2D eigenvalue weighted by molar-refractivity contribution is -0.160. The molecule has 2 N–H and O–H groups in total. The van der Waals surface area contributed by atoms with Gasteiger partial charge in [-0.2, -0.15) is 0 Å². The van der Waals surface area contributed by atoms with E-state index in [2.05, 4.69) is 4.74 Å². The van der Waals surface area contributed by atoms with Crippen molar-refractivity contribution in [2.24, 2.45) is 23.7 Å². The zero-order chi connectivity index (χ0) is 12.7. The van der Waals surface area contributed by atoms with E-state index in [1.807, 2.05) is 0 Å². The van der Waals surface area contributed by atoms with Gasteiger partial charge >= 0.3 is 23.9 Å². The molecular weight excluding hydrogens is 232 g/mol. The number of aliphatic carboxylic acids is 2. The molecule has 0 aromatic rings. The number of cyclic esters (lactones) is 2. The van der Waals surface area contributed by atoms with Gasteiger partial charge in [0.1, 0.15) is 0 Å². The Kier molecular flexibility index (Phi) is 2.45. The van der Waals surface area contributed by atoms with Crippen LogP contribution in [0.1, 0.15) is 0 Å². The van der Waals surface area contributed by atoms with Crippen LogP contribution in [-0.4, -0.2) is 34.1 Å². The smallest absolute Gasteiger partial charge is 0.321 e. The number of rotatable bonds is 2. The molecule has 0 aromatic carbocycles. The van der Waals surface area contributed by atoms with Crippen molar-refractivity contribution >= 4 is 23.9 Å². The van der Waals surface area contributed by atoms with Crippen LogP contribution in [0.3, 0.4) is 0 Å². The van der Waals surface area contributed by atoms with Crippen LogP contribution in [0.4, 0.5) is 0 Å². The second-order valence-electron chi connectivity index (χ2n) is 3.90. The molecule has 1 saturated heterocycles. The van der Waals surface area contributed by atoms with Crippen molar-refractivity contribution in [1.82, 2.24) is 0 Å². The van der Waals surface area contributed by atoms with E-state index in [0.29, 0.717) is 0 Å². The molecule has 17 heavy (non-hydrogen) atoms. The van der Waals surface area contributed by atoms with E-state index in [0.717, 1.165) is 6.08 Å². The summed E-state index contributed by atoms with van der Waals surface area (Å²) in [5.41, 5.74) is 0. The van der Waals surface area contributed by atoms with Gasteiger partial charge in [0.05, 0.1) is 23.7 Å². The second-order valence-corrected chi connectivity index (χ2v) is 3.90. The van der Waals surface area contributed by atoms with Crippen LogP contribution in [0.15, 0.2) is 12.2 Å². The minimum Gasteiger partial charge on any atom is -0.481 e. The average molecular weight is 240 g/mol. The van der Waals surface area contributed by atoms with Crippen molar-refractivity contribution in [3.8, 4) is 0 Å². The molecule has 1 fully saturated rings. The minimum atomic E-state index is -1.47. The Morgan fingerprint density at radius 2 is 1.71 bits per heavy atom. The van der Waals surface area contributed by atoms with Crippen molar-refractivity contribution in [1.29, 1.82) is 0 Å². The lowest BCUT2D eigenvalue weighted by Crippen LogP contribution is -2.41. The summed E-state index contributed by atoms with van der Waals surface area (Å²) in [6.07, 6.45) is 2.36. The number of esters is 2. The summed E-state index contributed by atoms with van der Waals surface area (Å²) < 4.78 is 4.33. The van der Waals surface area contributed by atoms with Gasteiger partial charge in [-0.15, -0.1) is 0 Å². The summed E-state index contributed by atoms with van der Waals surface area (Å²) in [7, 11) is 0. The van der Waals surface area contributed by atoms with Crippen LogP contribution >= 0.6 is 0 Å². The summed E-state index contributed by atoms with van der Waals surface area (Å²) >= 11 is 0. The van der Waals surface area contributed by atoms with E-state index >= 15 is 0 Å². The van der Waals surface area contributed by atoms with Crippen LogP contribution in [0.25, 0.3) is 0 Å². The fraction of sp³-hybridized carbons (Fsp3) is 0.400. The monoisotopic (exact) mass is 240 g/mol. The molecule has 0 saturated carbocycles. The maximum absolute atomic E-state index is 11.4. The highest BCUT2D eigenvalue weighted by Crippen LogP contribution is 2.40. The Morgan fingerprint density at radius 1 is 1.06 bits per heavy atom. The van der Waals surface area contributed by atoms with Crippen LogP contribution in [0.2, 0.25) is 0 Å². The van der Waals surface area contributed by atoms with Gasteiger partial charge in [-0.25, -0.2) is 0 Å². The molecule has 90 valence electrons. The molecule has 2 aliphatic rings. The number of carbonyl (C=O) groups is 4. The predicted molar refractivity (Wildman–Crippen MR) is 49.5 cm³/mol. The highest BCUT2D eigenvalue weighted by molar-refractivity contribution is 6.01. The molecule has 1 heterocycles. The van der Waals surface area contributed by atoms with Gasteiger partial charge in [-0.05, 0) is 0 Å². The number of hydrogen-bond donors (Lipinski definition) is 2. The van der Waals surface area contributed by atoms with Gasteiger partial charge in [0, 0.05) is 0 Å². The number of carboxylic acids is 2. The van der Waals surface area contributed by atoms with Gasteiger partial charge in [0.2, 0.25) is 0 Å². The van der Waals surface area contributed by atoms with E-state index in [1.165, 1.54) is 6.08 Å². The highest BCUT2D eigenvalue weighted by Gasteiger charge is 2.55. The molecule has 4 unspecified atom stereocenters. The van der Waals surface area contributed by atoms with Gasteiger partial charge in [0.25, 0.3) is 0 Å². The van der Waals surface area contributed by atoms with Crippen molar-refractivity contribution < 1.29 is 34.1 Å². The van der Waals surface area contributed by atoms with Crippen LogP contribution in [-0.2, 0) is 23.9 Å². The Bertz CT molecular complexity index is 450. The molecule has 0 radical (unpaired) electrons. The molecule has 2 rings (SSSR count). The third-order valence-electron chi connectivity index (χ3n) is 3.00. The fourth-order valence-electron chi connectivity index (χ4n) is 2.22. The number of carbonyl (C=O) groups excluding carboxylic acids is 2. The van der Waals surface area contributed by atoms with E-state index in [1.54, 1.807) is 0 Å². The fourth-order valence-corrected chi connectivity index (χ4v) is 2.22. The standard InChI is InChI=1S/C10H8O7/c11-7(12)3-1-2-4-6(5(3)8(13)14)10(16)17-9(4)15/h1-6H,(H,11,12)(H,13,14). The molecule has 4 atom stereocenters. The first-order valence-electron chi connectivity index (χ1n) is 4.83. The van der Waals surface area contributed by atoms with Crippen LogP contribution < -0.4 is 0 Å². The Labute approximate surface area is 94.7 Å². The minimum absolute atomic E-state index is 0.827. The average Bonchev–Trinajstić information content (AvgIpc) is 2.53. The molecule has 0 aromatic heterocycles. The molecule has 1 aliphatic heterocycles. The topological polar surface area (TPSA) is 118 Å². The maximum atomic E-state index is 11.4. The van der Waals surface area contributed by atoms with Crippen molar-refractivity contribution in [3.05, 3.63) is 12.2 Å². The van der Waals surface area contributed by atoms with Crippen LogP contribution in [0.5, 0.6) is 0 Å². The van der Waals surface area contributed by atoms with E-state index in [-0.39, 0.29) is 0 Å². The van der Waals surface area contributed by atoms with E-state index in [4.69, 9.17) is 10.2 Å². The third-order valence-corrected chi connectivity index (χ3v) is 3.00. The Morgan fingerprint density at radius 3 is 2.24 bits per heavy atom. The highest BCUT2D eigenvalue weighted by atomic mass is 16.6. The largest absolute Gasteiger partial charge is 0.481 e. The van der Waals surface area contributed by atoms with Crippen molar-refractivity contribution in [3.63, 3.8) is 0 Å². The summed E-state index contributed by atoms with van der Waals surface area (Å²) in [5.74, 6) is -9.60. The molecule has 7 heteroatoms. The van der Waals surface area contributed by atoms with Gasteiger partial charge in [-0.3, -0.25) is 19.2 Å². The first kappa shape index (κ1) is 11.3. The van der Waals surface area contributed by atoms with Crippen molar-refractivity contribution in [2.45, 2.75) is 0 Å². The quantitative estimate of drug-likeness (QED) is 0.371. The normalized spacial score (nSPS) is 35.3. The molecule has 0 bridgehead atoms. The lowest BCUT2D eigenvalue weighted by Gasteiger charge is -2.26. The molecular formula is C10H8O7. The van der Waals surface area contributed by atoms with Gasteiger partial charge in [-0.1, -0.05) is 12.2 Å². The molecule has 0 amide bonds. The number of ether oxygens (including phenoxy) is 1. The predicted octanol–water partition coefficient (Wildman–Crippen LogP) is -0.726. The SMILES string of the molecule is O=C(O)C1C=CC2C(=O)OC(=O)C2C1C(=O)O. The number of fused-ring (bicyclic) bond motifs is 1. The Hall–Kier alpha value is -2.18. The first-order valence-corrected chi connectivity index (χ1v) is 4.83.